The van der Waals surface area contributed by atoms with Crippen LogP contribution in [0.5, 0.6) is 11.6 Å². The molecule has 0 bridgehead atoms. The highest BCUT2D eigenvalue weighted by Crippen LogP contribution is 2.34. The average molecular weight is 533 g/mol. The molecule has 198 valence electrons. The Bertz CT molecular complexity index is 1410. The van der Waals surface area contributed by atoms with E-state index in [1.165, 1.54) is 17.0 Å². The number of nitrogens with one attached hydrogen (secondary N) is 2. The third-order valence-corrected chi connectivity index (χ3v) is 6.85. The van der Waals surface area contributed by atoms with Crippen LogP contribution in [0.2, 0.25) is 0 Å². The smallest absolute Gasteiger partial charge is 0.412 e. The van der Waals surface area contributed by atoms with E-state index in [2.05, 4.69) is 49.6 Å². The summed E-state index contributed by atoms with van der Waals surface area (Å²) in [6, 6.07) is 17.4. The second-order valence-corrected chi connectivity index (χ2v) is 11.1. The standard InChI is InChI=1S/C28H32N6O3S/c1-28(2,3)37-27(35)30-20-6-5-7-22(18-20)36-25-24-23(12-17-38-24)31-26(32-25)29-19-8-10-21(11-9-19)34-15-13-33(4)14-16-34/h5-12,17-18H,13-16H2,1-4H3,(H,30,35)(H,29,31,32). The molecule has 1 aliphatic heterocycles. The van der Waals surface area contributed by atoms with Gasteiger partial charge in [0.05, 0.1) is 5.52 Å². The van der Waals surface area contributed by atoms with Gasteiger partial charge < -0.3 is 24.6 Å². The number of hydrogen-bond donors (Lipinski definition) is 2. The van der Waals surface area contributed by atoms with Crippen molar-refractivity contribution in [3.05, 3.63) is 60.0 Å². The molecule has 10 heteroatoms. The van der Waals surface area contributed by atoms with Crippen LogP contribution in [-0.4, -0.2) is 59.8 Å². The minimum Gasteiger partial charge on any atom is -0.444 e. The largest absolute Gasteiger partial charge is 0.444 e. The first-order valence-electron chi connectivity index (χ1n) is 12.6. The first-order valence-corrected chi connectivity index (χ1v) is 13.4. The second-order valence-electron chi connectivity index (χ2n) is 10.2. The molecule has 0 atom stereocenters. The molecule has 2 aromatic heterocycles. The molecule has 0 radical (unpaired) electrons. The monoisotopic (exact) mass is 532 g/mol. The van der Waals surface area contributed by atoms with E-state index in [1.54, 1.807) is 18.2 Å². The highest BCUT2D eigenvalue weighted by atomic mass is 32.1. The lowest BCUT2D eigenvalue weighted by Gasteiger charge is -2.34. The summed E-state index contributed by atoms with van der Waals surface area (Å²) in [4.78, 5) is 26.2. The van der Waals surface area contributed by atoms with E-state index in [-0.39, 0.29) is 0 Å². The van der Waals surface area contributed by atoms with Gasteiger partial charge in [0, 0.05) is 49.3 Å². The van der Waals surface area contributed by atoms with Crippen LogP contribution >= 0.6 is 11.3 Å². The topological polar surface area (TPSA) is 91.8 Å². The number of nitrogens with zero attached hydrogens (tertiary/aromatic N) is 4. The minimum absolute atomic E-state index is 0.441. The van der Waals surface area contributed by atoms with Crippen molar-refractivity contribution in [1.82, 2.24) is 14.9 Å². The zero-order valence-corrected chi connectivity index (χ0v) is 22.8. The van der Waals surface area contributed by atoms with Gasteiger partial charge in [-0.1, -0.05) is 6.07 Å². The normalized spacial score (nSPS) is 14.4. The predicted octanol–water partition coefficient (Wildman–Crippen LogP) is 6.33. The maximum atomic E-state index is 12.2. The lowest BCUT2D eigenvalue weighted by molar-refractivity contribution is 0.0636. The Morgan fingerprint density at radius 2 is 1.74 bits per heavy atom. The van der Waals surface area contributed by atoms with Gasteiger partial charge in [0.1, 0.15) is 16.1 Å². The quantitative estimate of drug-likeness (QED) is 0.298. The summed E-state index contributed by atoms with van der Waals surface area (Å²) in [5.74, 6) is 1.42. The predicted molar refractivity (Wildman–Crippen MR) is 153 cm³/mol. The summed E-state index contributed by atoms with van der Waals surface area (Å²) >= 11 is 1.51. The number of amides is 1. The van der Waals surface area contributed by atoms with Gasteiger partial charge in [0.25, 0.3) is 0 Å². The Morgan fingerprint density at radius 1 is 0.974 bits per heavy atom. The molecular weight excluding hydrogens is 500 g/mol. The van der Waals surface area contributed by atoms with Gasteiger partial charge in [-0.2, -0.15) is 4.98 Å². The van der Waals surface area contributed by atoms with E-state index in [0.717, 1.165) is 42.1 Å². The highest BCUT2D eigenvalue weighted by Gasteiger charge is 2.17. The third-order valence-electron chi connectivity index (χ3n) is 5.96. The van der Waals surface area contributed by atoms with Crippen LogP contribution in [-0.2, 0) is 4.74 Å². The van der Waals surface area contributed by atoms with E-state index in [9.17, 15) is 4.79 Å². The van der Waals surface area contributed by atoms with Gasteiger partial charge in [0.2, 0.25) is 11.8 Å². The number of carbonyl (C=O) groups excluding carboxylic acids is 1. The summed E-state index contributed by atoms with van der Waals surface area (Å²) in [7, 11) is 2.16. The number of benzene rings is 2. The number of ether oxygens (including phenoxy) is 2. The number of aromatic nitrogens is 2. The minimum atomic E-state index is -0.585. The Balaban J connectivity index is 1.31. The zero-order valence-electron chi connectivity index (χ0n) is 22.0. The van der Waals surface area contributed by atoms with Gasteiger partial charge >= 0.3 is 6.09 Å². The second kappa shape index (κ2) is 10.8. The van der Waals surface area contributed by atoms with Gasteiger partial charge in [-0.05, 0) is 75.7 Å². The van der Waals surface area contributed by atoms with Crippen LogP contribution in [0, 0.1) is 0 Å². The van der Waals surface area contributed by atoms with Crippen LogP contribution in [0.3, 0.4) is 0 Å². The highest BCUT2D eigenvalue weighted by molar-refractivity contribution is 7.17. The maximum Gasteiger partial charge on any atom is 0.412 e. The molecule has 1 fully saturated rings. The van der Waals surface area contributed by atoms with E-state index in [1.807, 2.05) is 50.4 Å². The first-order chi connectivity index (χ1) is 18.2. The Kier molecular flexibility index (Phi) is 7.35. The summed E-state index contributed by atoms with van der Waals surface area (Å²) in [5.41, 5.74) is 2.87. The number of likely N-dealkylation sites (N-methyl/N-ethyl adjacent to an activating group) is 1. The number of hydrogen-bond acceptors (Lipinski definition) is 9. The SMILES string of the molecule is CN1CCN(c2ccc(Nc3nc(Oc4cccc(NC(=O)OC(C)(C)C)c4)c4sccc4n3)cc2)CC1. The molecule has 0 unspecified atom stereocenters. The molecule has 1 saturated heterocycles. The van der Waals surface area contributed by atoms with Gasteiger partial charge in [0.15, 0.2) is 0 Å². The molecule has 0 aliphatic carbocycles. The number of rotatable bonds is 6. The first kappa shape index (κ1) is 25.7. The molecule has 4 aromatic rings. The molecule has 9 nitrogen and oxygen atoms in total. The van der Waals surface area contributed by atoms with E-state index < -0.39 is 11.7 Å². The molecule has 3 heterocycles. The molecule has 38 heavy (non-hydrogen) atoms. The lowest BCUT2D eigenvalue weighted by Crippen LogP contribution is -2.44. The molecule has 1 aliphatic rings. The maximum absolute atomic E-state index is 12.2. The fourth-order valence-corrected chi connectivity index (χ4v) is 4.84. The molecule has 0 spiro atoms. The summed E-state index contributed by atoms with van der Waals surface area (Å²) in [5, 5.41) is 8.01. The fraction of sp³-hybridized carbons (Fsp3) is 0.321. The van der Waals surface area contributed by atoms with E-state index in [4.69, 9.17) is 9.47 Å². The molecule has 2 N–H and O–H groups in total. The van der Waals surface area contributed by atoms with Crippen LogP contribution in [0.4, 0.5) is 27.8 Å². The van der Waals surface area contributed by atoms with Gasteiger partial charge in [-0.3, -0.25) is 5.32 Å². The number of fused-ring (bicyclic) bond motifs is 1. The van der Waals surface area contributed by atoms with Crippen molar-refractivity contribution in [3.63, 3.8) is 0 Å². The average Bonchev–Trinajstić information content (AvgIpc) is 3.33. The van der Waals surface area contributed by atoms with Crippen molar-refractivity contribution in [2.75, 3.05) is 48.8 Å². The molecule has 5 rings (SSSR count). The Morgan fingerprint density at radius 3 is 2.47 bits per heavy atom. The van der Waals surface area contributed by atoms with Crippen LogP contribution < -0.4 is 20.3 Å². The third kappa shape index (κ3) is 6.51. The zero-order chi connectivity index (χ0) is 26.7. The Labute approximate surface area is 226 Å². The van der Waals surface area contributed by atoms with Crippen LogP contribution in [0.25, 0.3) is 10.2 Å². The number of anilines is 4. The summed E-state index contributed by atoms with van der Waals surface area (Å²) in [6.45, 7) is 9.64. The van der Waals surface area contributed by atoms with Crippen molar-refractivity contribution in [2.45, 2.75) is 26.4 Å². The van der Waals surface area contributed by atoms with Crippen LogP contribution in [0.1, 0.15) is 20.8 Å². The summed E-state index contributed by atoms with van der Waals surface area (Å²) in [6.07, 6.45) is -0.525. The molecular formula is C28H32N6O3S. The van der Waals surface area contributed by atoms with E-state index >= 15 is 0 Å². The number of carbonyl (C=O) groups is 1. The van der Waals surface area contributed by atoms with Crippen molar-refractivity contribution in [1.29, 1.82) is 0 Å². The lowest BCUT2D eigenvalue weighted by atomic mass is 10.2. The van der Waals surface area contributed by atoms with E-state index in [0.29, 0.717) is 23.3 Å². The number of thiophene rings is 1. The van der Waals surface area contributed by atoms with Crippen molar-refractivity contribution < 1.29 is 14.3 Å². The van der Waals surface area contributed by atoms with Crippen LogP contribution in [0.15, 0.2) is 60.0 Å². The molecule has 1 amide bonds. The fourth-order valence-electron chi connectivity index (χ4n) is 4.08. The Hall–Kier alpha value is -3.89. The summed E-state index contributed by atoms with van der Waals surface area (Å²) < 4.78 is 12.4. The molecule has 0 saturated carbocycles. The van der Waals surface area contributed by atoms with Crippen molar-refractivity contribution in [2.24, 2.45) is 0 Å². The molecule has 2 aromatic carbocycles. The van der Waals surface area contributed by atoms with Gasteiger partial charge in [-0.25, -0.2) is 9.78 Å². The number of piperazine rings is 1. The van der Waals surface area contributed by atoms with Gasteiger partial charge in [-0.15, -0.1) is 11.3 Å². The van der Waals surface area contributed by atoms with Crippen molar-refractivity contribution in [3.8, 4) is 11.6 Å². The van der Waals surface area contributed by atoms with Crippen molar-refractivity contribution >= 4 is 50.7 Å².